The van der Waals surface area contributed by atoms with Crippen LogP contribution in [0.25, 0.3) is 0 Å². The van der Waals surface area contributed by atoms with E-state index in [1.807, 2.05) is 37.6 Å². The van der Waals surface area contributed by atoms with Crippen molar-refractivity contribution in [2.45, 2.75) is 13.0 Å². The summed E-state index contributed by atoms with van der Waals surface area (Å²) in [6.07, 6.45) is 0. The average molecular weight is 286 g/mol. The monoisotopic (exact) mass is 285 g/mol. The first-order valence-electron chi connectivity index (χ1n) is 5.29. The first-order valence-corrected chi connectivity index (χ1v) is 6.93. The third kappa shape index (κ3) is 2.66. The zero-order valence-electron chi connectivity index (χ0n) is 9.63. The molecule has 1 heterocycles. The Morgan fingerprint density at radius 1 is 1.18 bits per heavy atom. The van der Waals surface area contributed by atoms with E-state index in [1.54, 1.807) is 11.3 Å². The van der Waals surface area contributed by atoms with Crippen LogP contribution in [0.5, 0.6) is 0 Å². The van der Waals surface area contributed by atoms with Gasteiger partial charge in [-0.15, -0.1) is 11.3 Å². The Morgan fingerprint density at radius 2 is 1.94 bits per heavy atom. The molecule has 0 fully saturated rings. The summed E-state index contributed by atoms with van der Waals surface area (Å²) in [5.74, 6) is 0. The molecule has 4 heteroatoms. The number of thiophene rings is 1. The molecule has 0 bridgehead atoms. The number of hydrogen-bond acceptors (Lipinski definition) is 2. The van der Waals surface area contributed by atoms with E-state index in [4.69, 9.17) is 23.2 Å². The van der Waals surface area contributed by atoms with Crippen molar-refractivity contribution >= 4 is 34.5 Å². The summed E-state index contributed by atoms with van der Waals surface area (Å²) in [6, 6.07) is 8.11. The molecule has 0 aliphatic carbocycles. The Bertz CT molecular complexity index is 522. The Kier molecular flexibility index (Phi) is 4.10. The third-order valence-corrected chi connectivity index (χ3v) is 4.56. The Balaban J connectivity index is 2.42. The van der Waals surface area contributed by atoms with Crippen molar-refractivity contribution in [1.82, 2.24) is 5.32 Å². The first kappa shape index (κ1) is 12.9. The maximum atomic E-state index is 6.18. The third-order valence-electron chi connectivity index (χ3n) is 2.71. The normalized spacial score (nSPS) is 12.7. The highest BCUT2D eigenvalue weighted by atomic mass is 35.5. The fourth-order valence-electron chi connectivity index (χ4n) is 1.81. The van der Waals surface area contributed by atoms with Crippen molar-refractivity contribution in [3.8, 4) is 0 Å². The lowest BCUT2D eigenvalue weighted by Crippen LogP contribution is -2.16. The van der Waals surface area contributed by atoms with Gasteiger partial charge in [-0.2, -0.15) is 0 Å². The highest BCUT2D eigenvalue weighted by Gasteiger charge is 2.16. The molecule has 2 aromatic rings. The molecule has 1 nitrogen and oxygen atoms in total. The molecule has 0 radical (unpaired) electrons. The van der Waals surface area contributed by atoms with Crippen LogP contribution in [0, 0.1) is 6.92 Å². The molecule has 90 valence electrons. The summed E-state index contributed by atoms with van der Waals surface area (Å²) in [6.45, 7) is 2.01. The largest absolute Gasteiger partial charge is 0.309 e. The molecule has 0 saturated heterocycles. The summed E-state index contributed by atoms with van der Waals surface area (Å²) >= 11 is 13.9. The second kappa shape index (κ2) is 5.40. The minimum absolute atomic E-state index is 0.124. The molecule has 0 aliphatic heterocycles. The molecular formula is C13H13Cl2NS. The van der Waals surface area contributed by atoms with Crippen LogP contribution in [0.2, 0.25) is 10.0 Å². The Labute approximate surface area is 115 Å². The van der Waals surface area contributed by atoms with E-state index in [9.17, 15) is 0 Å². The van der Waals surface area contributed by atoms with Gasteiger partial charge in [0.15, 0.2) is 0 Å². The van der Waals surface area contributed by atoms with Gasteiger partial charge in [0.25, 0.3) is 0 Å². The van der Waals surface area contributed by atoms with Crippen molar-refractivity contribution in [3.63, 3.8) is 0 Å². The van der Waals surface area contributed by atoms with Crippen molar-refractivity contribution in [2.75, 3.05) is 7.05 Å². The van der Waals surface area contributed by atoms with Crippen LogP contribution in [0.3, 0.4) is 0 Å². The number of aryl methyl sites for hydroxylation is 1. The van der Waals surface area contributed by atoms with Gasteiger partial charge in [0.05, 0.1) is 11.1 Å². The van der Waals surface area contributed by atoms with Gasteiger partial charge in [-0.3, -0.25) is 0 Å². The van der Waals surface area contributed by atoms with Crippen LogP contribution >= 0.6 is 34.5 Å². The number of rotatable bonds is 3. The van der Waals surface area contributed by atoms with Gasteiger partial charge in [-0.1, -0.05) is 35.3 Å². The molecule has 0 amide bonds. The Morgan fingerprint density at radius 3 is 2.47 bits per heavy atom. The van der Waals surface area contributed by atoms with E-state index >= 15 is 0 Å². The van der Waals surface area contributed by atoms with Crippen molar-refractivity contribution in [3.05, 3.63) is 55.7 Å². The lowest BCUT2D eigenvalue weighted by molar-refractivity contribution is 0.703. The standard InChI is InChI=1S/C13H13Cl2NS/c1-8-7-9(3-4-10(8)14)12(16-2)13-11(15)5-6-17-13/h3-7,12,16H,1-2H3. The second-order valence-corrected chi connectivity index (χ2v) is 5.63. The molecule has 1 aromatic carbocycles. The summed E-state index contributed by atoms with van der Waals surface area (Å²) < 4.78 is 0. The minimum atomic E-state index is 0.124. The molecule has 0 spiro atoms. The highest BCUT2D eigenvalue weighted by Crippen LogP contribution is 2.33. The lowest BCUT2D eigenvalue weighted by Gasteiger charge is -2.16. The number of halogens is 2. The van der Waals surface area contributed by atoms with Crippen LogP contribution in [0.15, 0.2) is 29.6 Å². The van der Waals surface area contributed by atoms with Gasteiger partial charge in [0.1, 0.15) is 0 Å². The summed E-state index contributed by atoms with van der Waals surface area (Å²) in [5.41, 5.74) is 2.26. The SMILES string of the molecule is CNC(c1ccc(Cl)c(C)c1)c1sccc1Cl. The zero-order chi connectivity index (χ0) is 12.4. The predicted octanol–water partition coefficient (Wildman–Crippen LogP) is 4.67. The van der Waals surface area contributed by atoms with Crippen molar-refractivity contribution in [1.29, 1.82) is 0 Å². The topological polar surface area (TPSA) is 12.0 Å². The molecule has 0 aliphatic rings. The number of benzene rings is 1. The van der Waals surface area contributed by atoms with Crippen LogP contribution in [-0.4, -0.2) is 7.05 Å². The van der Waals surface area contributed by atoms with Gasteiger partial charge in [0.2, 0.25) is 0 Å². The van der Waals surface area contributed by atoms with E-state index in [0.717, 1.165) is 20.5 Å². The van der Waals surface area contributed by atoms with Crippen LogP contribution in [0.4, 0.5) is 0 Å². The highest BCUT2D eigenvalue weighted by molar-refractivity contribution is 7.10. The summed E-state index contributed by atoms with van der Waals surface area (Å²) in [4.78, 5) is 1.14. The predicted molar refractivity (Wildman–Crippen MR) is 76.4 cm³/mol. The van der Waals surface area contributed by atoms with Crippen molar-refractivity contribution in [2.24, 2.45) is 0 Å². The molecule has 1 aromatic heterocycles. The first-order chi connectivity index (χ1) is 8.13. The van der Waals surface area contributed by atoms with Crippen LogP contribution < -0.4 is 5.32 Å². The zero-order valence-corrected chi connectivity index (χ0v) is 12.0. The molecule has 1 atom stereocenters. The number of hydrogen-bond donors (Lipinski definition) is 1. The van der Waals surface area contributed by atoms with E-state index in [0.29, 0.717) is 0 Å². The molecular weight excluding hydrogens is 273 g/mol. The van der Waals surface area contributed by atoms with E-state index in [-0.39, 0.29) is 6.04 Å². The Hall–Kier alpha value is -0.540. The molecule has 2 rings (SSSR count). The number of nitrogens with one attached hydrogen (secondary N) is 1. The van der Waals surface area contributed by atoms with Gasteiger partial charge in [0, 0.05) is 9.90 Å². The van der Waals surface area contributed by atoms with E-state index < -0.39 is 0 Å². The molecule has 1 N–H and O–H groups in total. The average Bonchev–Trinajstić information content (AvgIpc) is 2.71. The fraction of sp³-hybridized carbons (Fsp3) is 0.231. The minimum Gasteiger partial charge on any atom is -0.309 e. The maximum Gasteiger partial charge on any atom is 0.0683 e. The van der Waals surface area contributed by atoms with Gasteiger partial charge in [-0.05, 0) is 42.6 Å². The van der Waals surface area contributed by atoms with Gasteiger partial charge in [-0.25, -0.2) is 0 Å². The van der Waals surface area contributed by atoms with E-state index in [2.05, 4.69) is 11.4 Å². The molecule has 0 saturated carbocycles. The van der Waals surface area contributed by atoms with Crippen molar-refractivity contribution < 1.29 is 0 Å². The summed E-state index contributed by atoms with van der Waals surface area (Å²) in [5, 5.41) is 6.90. The smallest absolute Gasteiger partial charge is 0.0683 e. The van der Waals surface area contributed by atoms with Crippen LogP contribution in [-0.2, 0) is 0 Å². The molecule has 1 unspecified atom stereocenters. The maximum absolute atomic E-state index is 6.18. The molecule has 17 heavy (non-hydrogen) atoms. The van der Waals surface area contributed by atoms with Crippen LogP contribution in [0.1, 0.15) is 22.0 Å². The quantitative estimate of drug-likeness (QED) is 0.864. The van der Waals surface area contributed by atoms with Gasteiger partial charge < -0.3 is 5.32 Å². The summed E-state index contributed by atoms with van der Waals surface area (Å²) in [7, 11) is 1.94. The van der Waals surface area contributed by atoms with Gasteiger partial charge >= 0.3 is 0 Å². The fourth-order valence-corrected chi connectivity index (χ4v) is 3.23. The lowest BCUT2D eigenvalue weighted by atomic mass is 10.0. The second-order valence-electron chi connectivity index (χ2n) is 3.86. The van der Waals surface area contributed by atoms with E-state index in [1.165, 1.54) is 5.56 Å².